The summed E-state index contributed by atoms with van der Waals surface area (Å²) >= 11 is 0. The maximum Gasteiger partial charge on any atom is 0.416 e. The molecule has 1 amide bonds. The number of alkyl halides is 9. The zero-order valence-electron chi connectivity index (χ0n) is 24.9. The normalized spacial score (nSPS) is 16.8. The number of aliphatic carboxylic acids is 1. The van der Waals surface area contributed by atoms with Gasteiger partial charge < -0.3 is 20.3 Å². The lowest BCUT2D eigenvalue weighted by atomic mass is 9.88. The fourth-order valence-corrected chi connectivity index (χ4v) is 5.43. The van der Waals surface area contributed by atoms with E-state index >= 15 is 0 Å². The van der Waals surface area contributed by atoms with E-state index in [2.05, 4.69) is 10.3 Å². The molecule has 2 heterocycles. The van der Waals surface area contributed by atoms with Gasteiger partial charge in [-0.15, -0.1) is 0 Å². The highest BCUT2D eigenvalue weighted by molar-refractivity contribution is 5.89. The molecule has 0 radical (unpaired) electrons. The molecule has 0 aliphatic carbocycles. The summed E-state index contributed by atoms with van der Waals surface area (Å²) in [7, 11) is 0. The first-order chi connectivity index (χ1) is 22.3. The van der Waals surface area contributed by atoms with Crippen LogP contribution in [0.25, 0.3) is 0 Å². The molecular weight excluding hydrogens is 665 g/mol. The summed E-state index contributed by atoms with van der Waals surface area (Å²) in [6, 6.07) is 3.08. The van der Waals surface area contributed by atoms with E-state index in [0.717, 1.165) is 29.3 Å². The van der Waals surface area contributed by atoms with E-state index in [4.69, 9.17) is 9.84 Å². The molecule has 17 heteroatoms. The third kappa shape index (κ3) is 8.60. The summed E-state index contributed by atoms with van der Waals surface area (Å²) in [4.78, 5) is 28.1. The Labute approximate surface area is 267 Å². The number of rotatable bonds is 10. The van der Waals surface area contributed by atoms with E-state index in [1.54, 1.807) is 6.92 Å². The molecular formula is C31H28F9N3O5. The highest BCUT2D eigenvalue weighted by Crippen LogP contribution is 2.44. The number of pyridine rings is 1. The van der Waals surface area contributed by atoms with Crippen molar-refractivity contribution in [2.75, 3.05) is 16.8 Å². The molecule has 8 nitrogen and oxygen atoms in total. The largest absolute Gasteiger partial charge is 0.492 e. The lowest BCUT2D eigenvalue weighted by Crippen LogP contribution is -2.45. The number of nitrogens with zero attached hydrogens (tertiary/aromatic N) is 2. The van der Waals surface area contributed by atoms with Crippen LogP contribution >= 0.6 is 0 Å². The predicted molar refractivity (Wildman–Crippen MR) is 153 cm³/mol. The van der Waals surface area contributed by atoms with Gasteiger partial charge in [0.05, 0.1) is 41.2 Å². The fourth-order valence-electron chi connectivity index (χ4n) is 5.43. The van der Waals surface area contributed by atoms with E-state index < -0.39 is 71.3 Å². The van der Waals surface area contributed by atoms with Crippen molar-refractivity contribution in [3.8, 4) is 5.75 Å². The first kappa shape index (κ1) is 36.1. The highest BCUT2D eigenvalue weighted by Gasteiger charge is 2.40. The van der Waals surface area contributed by atoms with Crippen LogP contribution in [0.15, 0.2) is 48.7 Å². The molecule has 0 fully saturated rings. The van der Waals surface area contributed by atoms with Gasteiger partial charge in [-0.3, -0.25) is 9.69 Å². The van der Waals surface area contributed by atoms with Crippen molar-refractivity contribution >= 4 is 23.6 Å². The minimum Gasteiger partial charge on any atom is -0.492 e. The number of anilines is 2. The SMILES string of the molecule is CC[C@@H]1C[C@H](Nc2ncc(OCCCC(=O)O)cc2Cc2cc(C(F)(F)F)cc(C(F)(F)F)c2)c2cc(C(F)(F)F)ccc2N1C(=O)O. The standard InChI is InChI=1S/C31H28F9N3O5/c1-2-21-14-24(23-13-18(29(32,33)34)5-6-25(23)43(21)28(46)47)42-27-17(11-22(15-41-27)48-7-3-4-26(44)45)8-16-9-19(30(35,36)37)12-20(10-16)31(38,39)40/h5-6,9-13,15,21,24H,2-4,7-8,14H2,1H3,(H,41,42)(H,44,45)(H,46,47)/t21-,24+/m1/s1. The van der Waals surface area contributed by atoms with Gasteiger partial charge in [-0.1, -0.05) is 6.92 Å². The zero-order valence-corrected chi connectivity index (χ0v) is 24.9. The van der Waals surface area contributed by atoms with Gasteiger partial charge in [0.1, 0.15) is 11.6 Å². The number of hydrogen-bond donors (Lipinski definition) is 3. The summed E-state index contributed by atoms with van der Waals surface area (Å²) in [5.74, 6) is -1.23. The van der Waals surface area contributed by atoms with Crippen LogP contribution in [0.1, 0.15) is 72.0 Å². The molecule has 0 spiro atoms. The molecule has 0 bridgehead atoms. The molecule has 48 heavy (non-hydrogen) atoms. The van der Waals surface area contributed by atoms with Crippen molar-refractivity contribution in [2.45, 2.75) is 69.6 Å². The predicted octanol–water partition coefficient (Wildman–Crippen LogP) is 8.79. The van der Waals surface area contributed by atoms with E-state index in [1.807, 2.05) is 0 Å². The number of amides is 1. The molecule has 260 valence electrons. The van der Waals surface area contributed by atoms with Gasteiger partial charge in [-0.2, -0.15) is 39.5 Å². The van der Waals surface area contributed by atoms with Crippen molar-refractivity contribution in [1.82, 2.24) is 4.98 Å². The first-order valence-corrected chi connectivity index (χ1v) is 14.4. The second-order valence-corrected chi connectivity index (χ2v) is 11.0. The summed E-state index contributed by atoms with van der Waals surface area (Å²) < 4.78 is 128. The lowest BCUT2D eigenvalue weighted by molar-refractivity contribution is -0.143. The van der Waals surface area contributed by atoms with Crippen molar-refractivity contribution in [3.05, 3.63) is 82.0 Å². The maximum absolute atomic E-state index is 13.7. The lowest BCUT2D eigenvalue weighted by Gasteiger charge is -2.40. The molecule has 1 aromatic heterocycles. The van der Waals surface area contributed by atoms with Crippen molar-refractivity contribution < 1.29 is 64.1 Å². The molecule has 0 saturated heterocycles. The van der Waals surface area contributed by atoms with Gasteiger partial charge in [0, 0.05) is 24.4 Å². The minimum atomic E-state index is -5.13. The van der Waals surface area contributed by atoms with Crippen LogP contribution in [-0.4, -0.2) is 39.9 Å². The molecule has 0 saturated carbocycles. The molecule has 2 atom stereocenters. The number of halogens is 9. The molecule has 2 aromatic carbocycles. The van der Waals surface area contributed by atoms with Gasteiger partial charge in [0.15, 0.2) is 0 Å². The first-order valence-electron chi connectivity index (χ1n) is 14.4. The van der Waals surface area contributed by atoms with Gasteiger partial charge in [-0.25, -0.2) is 9.78 Å². The number of nitrogens with one attached hydrogen (secondary N) is 1. The molecule has 1 aliphatic heterocycles. The number of ether oxygens (including phenoxy) is 1. The van der Waals surface area contributed by atoms with Crippen LogP contribution in [0.5, 0.6) is 5.75 Å². The maximum atomic E-state index is 13.7. The molecule has 4 rings (SSSR count). The third-order valence-corrected chi connectivity index (χ3v) is 7.64. The van der Waals surface area contributed by atoms with Crippen LogP contribution in [0.4, 0.5) is 55.8 Å². The van der Waals surface area contributed by atoms with Gasteiger partial charge in [-0.05, 0) is 72.9 Å². The topological polar surface area (TPSA) is 112 Å². The Balaban J connectivity index is 1.81. The van der Waals surface area contributed by atoms with E-state index in [-0.39, 0.29) is 66.7 Å². The zero-order chi connectivity index (χ0) is 35.6. The highest BCUT2D eigenvalue weighted by atomic mass is 19.4. The minimum absolute atomic E-state index is 0.000391. The number of carboxylic acid groups (broad SMARTS) is 2. The molecule has 3 aromatic rings. The van der Waals surface area contributed by atoms with E-state index in [9.17, 15) is 54.2 Å². The van der Waals surface area contributed by atoms with Crippen LogP contribution in [0.3, 0.4) is 0 Å². The second-order valence-electron chi connectivity index (χ2n) is 11.0. The Morgan fingerprint density at radius 2 is 1.54 bits per heavy atom. The number of carboxylic acids is 1. The average molecular weight is 694 g/mol. The quantitative estimate of drug-likeness (QED) is 0.144. The van der Waals surface area contributed by atoms with Crippen LogP contribution < -0.4 is 15.0 Å². The Bertz CT molecular complexity index is 1630. The fraction of sp³-hybridized carbons (Fsp3) is 0.387. The summed E-state index contributed by atoms with van der Waals surface area (Å²) in [5, 5.41) is 21.7. The van der Waals surface area contributed by atoms with Gasteiger partial charge >= 0.3 is 30.6 Å². The Morgan fingerprint density at radius 3 is 2.08 bits per heavy atom. The van der Waals surface area contributed by atoms with Crippen LogP contribution in [-0.2, 0) is 29.7 Å². The molecule has 1 aliphatic rings. The van der Waals surface area contributed by atoms with E-state index in [1.165, 1.54) is 6.07 Å². The Morgan fingerprint density at radius 1 is 0.917 bits per heavy atom. The Hall–Kier alpha value is -4.70. The summed E-state index contributed by atoms with van der Waals surface area (Å²) in [6.45, 7) is 1.54. The van der Waals surface area contributed by atoms with Gasteiger partial charge in [0.25, 0.3) is 0 Å². The smallest absolute Gasteiger partial charge is 0.416 e. The Kier molecular flexibility index (Phi) is 10.4. The molecule has 0 unspecified atom stereocenters. The average Bonchev–Trinajstić information content (AvgIpc) is 2.98. The molecule has 3 N–H and O–H groups in total. The number of carbonyl (C=O) groups is 2. The van der Waals surface area contributed by atoms with Crippen molar-refractivity contribution in [1.29, 1.82) is 0 Å². The number of benzene rings is 2. The third-order valence-electron chi connectivity index (χ3n) is 7.64. The number of hydrogen-bond acceptors (Lipinski definition) is 5. The second kappa shape index (κ2) is 13.8. The number of fused-ring (bicyclic) bond motifs is 1. The van der Waals surface area contributed by atoms with E-state index in [0.29, 0.717) is 12.1 Å². The summed E-state index contributed by atoms with van der Waals surface area (Å²) in [6.07, 6.45) is -15.9. The van der Waals surface area contributed by atoms with Gasteiger partial charge in [0.2, 0.25) is 0 Å². The van der Waals surface area contributed by atoms with Crippen LogP contribution in [0, 0.1) is 0 Å². The van der Waals surface area contributed by atoms with Crippen molar-refractivity contribution in [2.24, 2.45) is 0 Å². The summed E-state index contributed by atoms with van der Waals surface area (Å²) in [5.41, 5.74) is -4.73. The monoisotopic (exact) mass is 693 g/mol. The van der Waals surface area contributed by atoms with Crippen LogP contribution in [0.2, 0.25) is 0 Å². The number of aromatic nitrogens is 1. The van der Waals surface area contributed by atoms with Crippen molar-refractivity contribution in [3.63, 3.8) is 0 Å².